The van der Waals surface area contributed by atoms with Gasteiger partial charge in [-0.15, -0.1) is 0 Å². The summed E-state index contributed by atoms with van der Waals surface area (Å²) in [6, 6.07) is 5.96. The van der Waals surface area contributed by atoms with Crippen molar-refractivity contribution in [3.05, 3.63) is 34.9 Å². The van der Waals surface area contributed by atoms with Crippen molar-refractivity contribution in [3.8, 4) is 5.75 Å². The summed E-state index contributed by atoms with van der Waals surface area (Å²) in [6.07, 6.45) is 3.29. The van der Waals surface area contributed by atoms with Crippen LogP contribution in [0.5, 0.6) is 5.75 Å². The van der Waals surface area contributed by atoms with E-state index in [-0.39, 0.29) is 24.1 Å². The molecule has 1 N–H and O–H groups in total. The molecule has 0 saturated carbocycles. The molecule has 7 nitrogen and oxygen atoms in total. The smallest absolute Gasteiger partial charge is 0.265 e. The maximum Gasteiger partial charge on any atom is 0.265 e. The number of hydrogen-bond acceptors (Lipinski definition) is 5. The Kier molecular flexibility index (Phi) is 5.56. The van der Waals surface area contributed by atoms with Crippen molar-refractivity contribution in [1.82, 2.24) is 19.8 Å². The standard InChI is InChI=1S/C19H26N4O3/c1-13(2)22-9-7-14(8-10-22)21-17(24)11-23-12-20-15-5-4-6-16(26-3)18(15)19(23)25/h4-6,12-14H,7-11H2,1-3H3,(H,21,24). The number of hydrogen-bond donors (Lipinski definition) is 1. The molecule has 0 unspecified atom stereocenters. The molecule has 1 aromatic carbocycles. The number of carbonyl (C=O) groups excluding carboxylic acids is 1. The number of benzene rings is 1. The topological polar surface area (TPSA) is 76.5 Å². The van der Waals surface area contributed by atoms with Gasteiger partial charge in [-0.3, -0.25) is 14.2 Å². The predicted molar refractivity (Wildman–Crippen MR) is 100 cm³/mol. The zero-order valence-electron chi connectivity index (χ0n) is 15.6. The van der Waals surface area contributed by atoms with Gasteiger partial charge in [-0.05, 0) is 38.8 Å². The molecule has 0 aliphatic carbocycles. The lowest BCUT2D eigenvalue weighted by Crippen LogP contribution is -2.47. The Morgan fingerprint density at radius 2 is 2.08 bits per heavy atom. The monoisotopic (exact) mass is 358 g/mol. The van der Waals surface area contributed by atoms with Crippen molar-refractivity contribution in [3.63, 3.8) is 0 Å². The molecule has 2 heterocycles. The SMILES string of the molecule is COc1cccc2ncn(CC(=O)NC3CCN(C(C)C)CC3)c(=O)c12. The predicted octanol–water partition coefficient (Wildman–Crippen LogP) is 1.39. The van der Waals surface area contributed by atoms with E-state index in [1.54, 1.807) is 18.2 Å². The van der Waals surface area contributed by atoms with E-state index in [1.807, 2.05) is 0 Å². The van der Waals surface area contributed by atoms with Gasteiger partial charge in [0.15, 0.2) is 0 Å². The van der Waals surface area contributed by atoms with Gasteiger partial charge in [0.2, 0.25) is 5.91 Å². The summed E-state index contributed by atoms with van der Waals surface area (Å²) < 4.78 is 6.60. The second kappa shape index (κ2) is 7.86. The van der Waals surface area contributed by atoms with E-state index >= 15 is 0 Å². The molecule has 140 valence electrons. The summed E-state index contributed by atoms with van der Waals surface area (Å²) in [5, 5.41) is 3.45. The zero-order valence-corrected chi connectivity index (χ0v) is 15.6. The van der Waals surface area contributed by atoms with Crippen molar-refractivity contribution < 1.29 is 9.53 Å². The normalized spacial score (nSPS) is 16.2. The molecule has 7 heteroatoms. The second-order valence-electron chi connectivity index (χ2n) is 7.00. The molecule has 1 aliphatic heterocycles. The van der Waals surface area contributed by atoms with Gasteiger partial charge in [-0.2, -0.15) is 0 Å². The van der Waals surface area contributed by atoms with Gasteiger partial charge < -0.3 is 15.0 Å². The summed E-state index contributed by atoms with van der Waals surface area (Å²) >= 11 is 0. The van der Waals surface area contributed by atoms with Crippen LogP contribution in [0.2, 0.25) is 0 Å². The largest absolute Gasteiger partial charge is 0.496 e. The molecule has 2 aromatic rings. The third kappa shape index (κ3) is 3.88. The average molecular weight is 358 g/mol. The van der Waals surface area contributed by atoms with Crippen LogP contribution in [0.25, 0.3) is 10.9 Å². The number of methoxy groups -OCH3 is 1. The molecule has 1 amide bonds. The highest BCUT2D eigenvalue weighted by Gasteiger charge is 2.22. The van der Waals surface area contributed by atoms with E-state index in [9.17, 15) is 9.59 Å². The molecule has 0 bridgehead atoms. The number of rotatable bonds is 5. The first-order chi connectivity index (χ1) is 12.5. The quantitative estimate of drug-likeness (QED) is 0.874. The highest BCUT2D eigenvalue weighted by molar-refractivity contribution is 5.84. The summed E-state index contributed by atoms with van der Waals surface area (Å²) in [7, 11) is 1.52. The summed E-state index contributed by atoms with van der Waals surface area (Å²) in [5.74, 6) is 0.307. The molecule has 1 saturated heterocycles. The Hall–Kier alpha value is -2.41. The third-order valence-electron chi connectivity index (χ3n) is 4.97. The summed E-state index contributed by atoms with van der Waals surface area (Å²) in [4.78, 5) is 31.8. The lowest BCUT2D eigenvalue weighted by atomic mass is 10.0. The van der Waals surface area contributed by atoms with Crippen LogP contribution in [-0.4, -0.2) is 52.6 Å². The molecule has 1 aromatic heterocycles. The minimum Gasteiger partial charge on any atom is -0.496 e. The fraction of sp³-hybridized carbons (Fsp3) is 0.526. The fourth-order valence-corrected chi connectivity index (χ4v) is 3.44. The van der Waals surface area contributed by atoms with Crippen LogP contribution < -0.4 is 15.6 Å². The molecule has 0 radical (unpaired) electrons. The first-order valence-corrected chi connectivity index (χ1v) is 9.05. The Morgan fingerprint density at radius 3 is 2.73 bits per heavy atom. The van der Waals surface area contributed by atoms with Crippen LogP contribution in [0.4, 0.5) is 0 Å². The molecule has 3 rings (SSSR count). The number of carbonyl (C=O) groups is 1. The number of piperidine rings is 1. The number of nitrogens with zero attached hydrogens (tertiary/aromatic N) is 3. The van der Waals surface area contributed by atoms with Crippen molar-refractivity contribution >= 4 is 16.8 Å². The van der Waals surface area contributed by atoms with Crippen LogP contribution in [0.15, 0.2) is 29.3 Å². The van der Waals surface area contributed by atoms with E-state index in [1.165, 1.54) is 18.0 Å². The van der Waals surface area contributed by atoms with Crippen LogP contribution in [0, 0.1) is 0 Å². The number of ether oxygens (including phenoxy) is 1. The van der Waals surface area contributed by atoms with Crippen LogP contribution in [-0.2, 0) is 11.3 Å². The number of nitrogens with one attached hydrogen (secondary N) is 1. The van der Waals surface area contributed by atoms with Gasteiger partial charge in [0.05, 0.1) is 19.0 Å². The van der Waals surface area contributed by atoms with Gasteiger partial charge in [0, 0.05) is 25.2 Å². The number of aromatic nitrogens is 2. The van der Waals surface area contributed by atoms with Crippen molar-refractivity contribution in [1.29, 1.82) is 0 Å². The molecule has 1 aliphatic rings. The van der Waals surface area contributed by atoms with Crippen LogP contribution >= 0.6 is 0 Å². The van der Waals surface area contributed by atoms with E-state index in [0.29, 0.717) is 22.7 Å². The van der Waals surface area contributed by atoms with E-state index in [2.05, 4.69) is 29.0 Å². The van der Waals surface area contributed by atoms with Crippen molar-refractivity contribution in [2.45, 2.75) is 45.3 Å². The van der Waals surface area contributed by atoms with Crippen LogP contribution in [0.3, 0.4) is 0 Å². The van der Waals surface area contributed by atoms with Crippen LogP contribution in [0.1, 0.15) is 26.7 Å². The lowest BCUT2D eigenvalue weighted by Gasteiger charge is -2.34. The highest BCUT2D eigenvalue weighted by Crippen LogP contribution is 2.19. The maximum absolute atomic E-state index is 12.7. The zero-order chi connectivity index (χ0) is 18.7. The van der Waals surface area contributed by atoms with Gasteiger partial charge in [0.1, 0.15) is 17.7 Å². The molecule has 0 atom stereocenters. The average Bonchev–Trinajstić information content (AvgIpc) is 2.64. The van der Waals surface area contributed by atoms with E-state index < -0.39 is 0 Å². The Morgan fingerprint density at radius 1 is 1.35 bits per heavy atom. The molecule has 1 fully saturated rings. The maximum atomic E-state index is 12.7. The third-order valence-corrected chi connectivity index (χ3v) is 4.97. The van der Waals surface area contributed by atoms with E-state index in [0.717, 1.165) is 25.9 Å². The molecular formula is C19H26N4O3. The minimum absolute atomic E-state index is 0.0375. The van der Waals surface area contributed by atoms with E-state index in [4.69, 9.17) is 4.74 Å². The van der Waals surface area contributed by atoms with Crippen molar-refractivity contribution in [2.24, 2.45) is 0 Å². The van der Waals surface area contributed by atoms with Gasteiger partial charge >= 0.3 is 0 Å². The summed E-state index contributed by atoms with van der Waals surface area (Å²) in [6.45, 7) is 6.30. The number of likely N-dealkylation sites (tertiary alicyclic amines) is 1. The minimum atomic E-state index is -0.266. The molecule has 0 spiro atoms. The Bertz CT molecular complexity index is 838. The Labute approximate surface area is 153 Å². The highest BCUT2D eigenvalue weighted by atomic mass is 16.5. The number of fused-ring (bicyclic) bond motifs is 1. The van der Waals surface area contributed by atoms with Gasteiger partial charge in [0.25, 0.3) is 5.56 Å². The molecular weight excluding hydrogens is 332 g/mol. The number of amides is 1. The van der Waals surface area contributed by atoms with Gasteiger partial charge in [-0.25, -0.2) is 4.98 Å². The van der Waals surface area contributed by atoms with Gasteiger partial charge in [-0.1, -0.05) is 6.07 Å². The van der Waals surface area contributed by atoms with Crippen molar-refractivity contribution in [2.75, 3.05) is 20.2 Å². The fourth-order valence-electron chi connectivity index (χ4n) is 3.44. The first-order valence-electron chi connectivity index (χ1n) is 9.05. The second-order valence-corrected chi connectivity index (χ2v) is 7.00. The lowest BCUT2D eigenvalue weighted by molar-refractivity contribution is -0.122. The summed E-state index contributed by atoms with van der Waals surface area (Å²) in [5.41, 5.74) is 0.296. The first kappa shape index (κ1) is 18.4. The molecule has 26 heavy (non-hydrogen) atoms. The Balaban J connectivity index is 1.68.